The van der Waals surface area contributed by atoms with Gasteiger partial charge in [0.25, 0.3) is 0 Å². The molecule has 2 aliphatic rings. The maximum Gasteiger partial charge on any atom is 0.227 e. The summed E-state index contributed by atoms with van der Waals surface area (Å²) in [5.41, 5.74) is 2.87. The molecular weight excluding hydrogens is 448 g/mol. The van der Waals surface area contributed by atoms with Gasteiger partial charge in [0.05, 0.1) is 13.2 Å². The van der Waals surface area contributed by atoms with Crippen LogP contribution in [0.15, 0.2) is 28.8 Å². The van der Waals surface area contributed by atoms with Crippen LogP contribution in [-0.4, -0.2) is 53.4 Å². The molecule has 0 aliphatic carbocycles. The Kier molecular flexibility index (Phi) is 6.22. The highest BCUT2D eigenvalue weighted by atomic mass is 32.2. The van der Waals surface area contributed by atoms with E-state index in [0.29, 0.717) is 37.8 Å². The normalized spacial score (nSPS) is 16.7. The fourth-order valence-electron chi connectivity index (χ4n) is 4.19. The Balaban J connectivity index is 1.40. The molecule has 0 saturated carbocycles. The minimum atomic E-state index is -0.635. The molecule has 174 valence electrons. The Labute approximate surface area is 195 Å². The van der Waals surface area contributed by atoms with Gasteiger partial charge in [-0.1, -0.05) is 11.9 Å². The number of aryl methyl sites for hydroxylation is 1. The van der Waals surface area contributed by atoms with Gasteiger partial charge in [-0.15, -0.1) is 0 Å². The van der Waals surface area contributed by atoms with Crippen LogP contribution in [-0.2, 0) is 17.7 Å². The molecule has 0 amide bonds. The van der Waals surface area contributed by atoms with Crippen molar-refractivity contribution in [2.24, 2.45) is 0 Å². The van der Waals surface area contributed by atoms with E-state index in [0.717, 1.165) is 36.4 Å². The molecule has 2 aromatic heterocycles. The fourth-order valence-corrected chi connectivity index (χ4v) is 4.73. The highest BCUT2D eigenvalue weighted by molar-refractivity contribution is 7.96. The van der Waals surface area contributed by atoms with Crippen LogP contribution in [0, 0.1) is 18.6 Å². The van der Waals surface area contributed by atoms with E-state index in [9.17, 15) is 8.78 Å². The van der Waals surface area contributed by atoms with Crippen LogP contribution in [0.3, 0.4) is 0 Å². The minimum Gasteiger partial charge on any atom is -0.459 e. The second-order valence-corrected chi connectivity index (χ2v) is 8.97. The summed E-state index contributed by atoms with van der Waals surface area (Å²) >= 11 is 1.72. The lowest BCUT2D eigenvalue weighted by molar-refractivity contribution is 0.122. The predicted octanol–water partition coefficient (Wildman–Crippen LogP) is 4.54. The van der Waals surface area contributed by atoms with E-state index in [1.807, 2.05) is 13.0 Å². The number of morpholine rings is 1. The summed E-state index contributed by atoms with van der Waals surface area (Å²) in [6, 6.07) is 4.55. The van der Waals surface area contributed by atoms with Gasteiger partial charge in [0, 0.05) is 50.0 Å². The van der Waals surface area contributed by atoms with Crippen molar-refractivity contribution in [3.8, 4) is 11.5 Å². The molecule has 0 radical (unpaired) electrons. The lowest BCUT2D eigenvalue weighted by Crippen LogP contribution is -2.37. The molecule has 1 N–H and O–H groups in total. The Hall–Kier alpha value is -2.69. The zero-order valence-electron chi connectivity index (χ0n) is 18.5. The Morgan fingerprint density at radius 1 is 1.09 bits per heavy atom. The van der Waals surface area contributed by atoms with Crippen LogP contribution in [0.4, 0.5) is 26.1 Å². The first-order valence-corrected chi connectivity index (χ1v) is 12.0. The number of hydrogen-bond acceptors (Lipinski definition) is 8. The summed E-state index contributed by atoms with van der Waals surface area (Å²) in [7, 11) is 0. The number of nitrogens with one attached hydrogen (secondary N) is 1. The smallest absolute Gasteiger partial charge is 0.227 e. The molecule has 4 heterocycles. The van der Waals surface area contributed by atoms with Crippen LogP contribution >= 0.6 is 11.9 Å². The first kappa shape index (κ1) is 22.1. The Morgan fingerprint density at radius 3 is 2.58 bits per heavy atom. The van der Waals surface area contributed by atoms with Gasteiger partial charge in [-0.3, -0.25) is 0 Å². The first-order chi connectivity index (χ1) is 16.0. The van der Waals surface area contributed by atoms with Gasteiger partial charge in [0.2, 0.25) is 5.95 Å². The maximum absolute atomic E-state index is 14.8. The maximum atomic E-state index is 14.8. The van der Waals surface area contributed by atoms with Gasteiger partial charge < -0.3 is 19.4 Å². The number of anilines is 3. The van der Waals surface area contributed by atoms with Crippen LogP contribution in [0.5, 0.6) is 0 Å². The summed E-state index contributed by atoms with van der Waals surface area (Å²) in [6.07, 6.45) is 4.59. The average molecular weight is 474 g/mol. The Bertz CT molecular complexity index is 1140. The van der Waals surface area contributed by atoms with Crippen molar-refractivity contribution in [1.82, 2.24) is 14.3 Å². The molecule has 0 atom stereocenters. The SMILES string of the molecule is CSN1CCc2oc(-c3nc(Nc4cc(F)c(N5CCOCC5)c(F)c4)ncc3C)cc2C1. The standard InChI is InChI=1S/C23H25F2N5O2S/c1-14-12-26-23(28-21(14)20-9-15-13-30(33-2)4-3-19(15)32-20)27-16-10-17(24)22(18(25)11-16)29-5-7-31-8-6-29/h9-12H,3-8,13H2,1-2H3,(H,26,27,28). The molecule has 10 heteroatoms. The summed E-state index contributed by atoms with van der Waals surface area (Å²) in [5, 5.41) is 2.93. The second-order valence-electron chi connectivity index (χ2n) is 8.09. The predicted molar refractivity (Wildman–Crippen MR) is 125 cm³/mol. The number of fused-ring (bicyclic) bond motifs is 1. The molecule has 1 aromatic carbocycles. The van der Waals surface area contributed by atoms with Gasteiger partial charge in [0.15, 0.2) is 17.4 Å². The van der Waals surface area contributed by atoms with Crippen molar-refractivity contribution in [3.63, 3.8) is 0 Å². The fraction of sp³-hybridized carbons (Fsp3) is 0.391. The van der Waals surface area contributed by atoms with Crippen LogP contribution in [0.2, 0.25) is 0 Å². The molecule has 0 spiro atoms. The molecule has 0 unspecified atom stereocenters. The molecule has 7 nitrogen and oxygen atoms in total. The number of nitrogens with zero attached hydrogens (tertiary/aromatic N) is 4. The zero-order chi connectivity index (χ0) is 22.9. The quantitative estimate of drug-likeness (QED) is 0.542. The number of aromatic nitrogens is 2. The number of hydrogen-bond donors (Lipinski definition) is 1. The van der Waals surface area contributed by atoms with Gasteiger partial charge in [-0.25, -0.2) is 23.1 Å². The van der Waals surface area contributed by atoms with Gasteiger partial charge in [0.1, 0.15) is 17.1 Å². The lowest BCUT2D eigenvalue weighted by atomic mass is 10.1. The van der Waals surface area contributed by atoms with E-state index in [-0.39, 0.29) is 17.3 Å². The van der Waals surface area contributed by atoms with Gasteiger partial charge >= 0.3 is 0 Å². The van der Waals surface area contributed by atoms with Crippen molar-refractivity contribution >= 4 is 29.3 Å². The largest absolute Gasteiger partial charge is 0.459 e. The minimum absolute atomic E-state index is 0.0326. The monoisotopic (exact) mass is 473 g/mol. The van der Waals surface area contributed by atoms with Crippen molar-refractivity contribution in [2.45, 2.75) is 19.9 Å². The number of rotatable bonds is 5. The lowest BCUT2D eigenvalue weighted by Gasteiger charge is -2.29. The van der Waals surface area contributed by atoms with Crippen molar-refractivity contribution < 1.29 is 17.9 Å². The second kappa shape index (κ2) is 9.28. The highest BCUT2D eigenvalue weighted by Crippen LogP contribution is 2.33. The van der Waals surface area contributed by atoms with E-state index in [2.05, 4.69) is 25.8 Å². The molecule has 3 aromatic rings. The third-order valence-electron chi connectivity index (χ3n) is 5.90. The number of benzene rings is 1. The number of ether oxygens (including phenoxy) is 1. The van der Waals surface area contributed by atoms with Gasteiger partial charge in [-0.2, -0.15) is 0 Å². The van der Waals surface area contributed by atoms with E-state index in [1.165, 1.54) is 12.1 Å². The van der Waals surface area contributed by atoms with Crippen molar-refractivity contribution in [2.75, 3.05) is 49.3 Å². The van der Waals surface area contributed by atoms with E-state index in [1.54, 1.807) is 23.0 Å². The van der Waals surface area contributed by atoms with E-state index < -0.39 is 11.6 Å². The third-order valence-corrected chi connectivity index (χ3v) is 6.72. The van der Waals surface area contributed by atoms with E-state index in [4.69, 9.17) is 9.15 Å². The Morgan fingerprint density at radius 2 is 1.85 bits per heavy atom. The number of halogens is 2. The molecular formula is C23H25F2N5O2S. The molecule has 5 rings (SSSR count). The molecule has 1 saturated heterocycles. The summed E-state index contributed by atoms with van der Waals surface area (Å²) < 4.78 is 43.2. The summed E-state index contributed by atoms with van der Waals surface area (Å²) in [5.74, 6) is 0.623. The van der Waals surface area contributed by atoms with Crippen LogP contribution < -0.4 is 10.2 Å². The topological polar surface area (TPSA) is 66.7 Å². The van der Waals surface area contributed by atoms with Crippen molar-refractivity contribution in [1.29, 1.82) is 0 Å². The van der Waals surface area contributed by atoms with E-state index >= 15 is 0 Å². The van der Waals surface area contributed by atoms with Crippen LogP contribution in [0.25, 0.3) is 11.5 Å². The van der Waals surface area contributed by atoms with Crippen LogP contribution in [0.1, 0.15) is 16.9 Å². The first-order valence-electron chi connectivity index (χ1n) is 10.8. The average Bonchev–Trinajstić information content (AvgIpc) is 3.23. The number of furan rings is 1. The van der Waals surface area contributed by atoms with Crippen molar-refractivity contribution in [3.05, 3.63) is 52.9 Å². The highest BCUT2D eigenvalue weighted by Gasteiger charge is 2.23. The molecule has 0 bridgehead atoms. The zero-order valence-corrected chi connectivity index (χ0v) is 19.3. The molecule has 1 fully saturated rings. The summed E-state index contributed by atoms with van der Waals surface area (Å²) in [4.78, 5) is 10.5. The molecule has 2 aliphatic heterocycles. The molecule has 33 heavy (non-hydrogen) atoms. The third kappa shape index (κ3) is 4.55. The summed E-state index contributed by atoms with van der Waals surface area (Å²) in [6.45, 7) is 5.47. The van der Waals surface area contributed by atoms with Gasteiger partial charge in [-0.05, 0) is 36.9 Å².